The van der Waals surface area contributed by atoms with Crippen LogP contribution in [0, 0.1) is 0 Å². The zero-order valence-electron chi connectivity index (χ0n) is 11.9. The summed E-state index contributed by atoms with van der Waals surface area (Å²) in [4.78, 5) is 13.9. The summed E-state index contributed by atoms with van der Waals surface area (Å²) < 4.78 is 1.66. The van der Waals surface area contributed by atoms with Crippen molar-refractivity contribution >= 4 is 23.3 Å². The number of amides is 2. The maximum absolute atomic E-state index is 12.3. The molecule has 1 aromatic carbocycles. The number of rotatable bonds is 3. The van der Waals surface area contributed by atoms with Crippen LogP contribution in [0.5, 0.6) is 0 Å². The molecule has 2 amide bonds. The standard InChI is InChI=1S/C15H17ClN4O2/c16-13-9-11(4-5-14(13)20-8-2-6-17-20)18-15(22)19-7-1-3-12(19)10-21/h2,4-6,8-9,12,21H,1,3,7,10H2,(H,18,22)/t12-/m0/s1. The van der Waals surface area contributed by atoms with E-state index in [2.05, 4.69) is 10.4 Å². The maximum Gasteiger partial charge on any atom is 0.322 e. The molecule has 1 aliphatic rings. The van der Waals surface area contributed by atoms with Crippen LogP contribution in [0.2, 0.25) is 5.02 Å². The summed E-state index contributed by atoms with van der Waals surface area (Å²) in [6.45, 7) is 0.655. The summed E-state index contributed by atoms with van der Waals surface area (Å²) in [6, 6.07) is 6.79. The summed E-state index contributed by atoms with van der Waals surface area (Å²) in [5.41, 5.74) is 1.37. The zero-order valence-corrected chi connectivity index (χ0v) is 12.7. The molecule has 0 spiro atoms. The normalized spacial score (nSPS) is 17.7. The second-order valence-corrected chi connectivity index (χ2v) is 5.63. The molecule has 2 N–H and O–H groups in total. The van der Waals surface area contributed by atoms with Crippen molar-refractivity contribution in [2.24, 2.45) is 0 Å². The number of carbonyl (C=O) groups is 1. The molecule has 1 saturated heterocycles. The van der Waals surface area contributed by atoms with Gasteiger partial charge in [0.25, 0.3) is 0 Å². The van der Waals surface area contributed by atoms with E-state index in [9.17, 15) is 9.90 Å². The molecule has 7 heteroatoms. The molecule has 3 rings (SSSR count). The van der Waals surface area contributed by atoms with Crippen LogP contribution in [-0.4, -0.2) is 45.0 Å². The lowest BCUT2D eigenvalue weighted by atomic mass is 10.2. The molecule has 1 fully saturated rings. The lowest BCUT2D eigenvalue weighted by molar-refractivity contribution is 0.166. The molecule has 0 unspecified atom stereocenters. The number of anilines is 1. The van der Waals surface area contributed by atoms with Gasteiger partial charge in [-0.05, 0) is 37.1 Å². The Morgan fingerprint density at radius 1 is 1.50 bits per heavy atom. The largest absolute Gasteiger partial charge is 0.394 e. The predicted octanol–water partition coefficient (Wildman–Crippen LogP) is 2.51. The van der Waals surface area contributed by atoms with Gasteiger partial charge in [-0.2, -0.15) is 5.10 Å². The van der Waals surface area contributed by atoms with Gasteiger partial charge < -0.3 is 15.3 Å². The fourth-order valence-corrected chi connectivity index (χ4v) is 2.94. The fraction of sp³-hybridized carbons (Fsp3) is 0.333. The monoisotopic (exact) mass is 320 g/mol. The Hall–Kier alpha value is -2.05. The number of likely N-dealkylation sites (tertiary alicyclic amines) is 1. The summed E-state index contributed by atoms with van der Waals surface area (Å²) in [6.07, 6.45) is 5.23. The van der Waals surface area contributed by atoms with E-state index in [1.54, 1.807) is 40.2 Å². The molecule has 0 bridgehead atoms. The Kier molecular flexibility index (Phi) is 4.31. The van der Waals surface area contributed by atoms with Crippen LogP contribution in [-0.2, 0) is 0 Å². The number of benzene rings is 1. The molecule has 1 atom stereocenters. The van der Waals surface area contributed by atoms with Crippen molar-refractivity contribution in [1.29, 1.82) is 0 Å². The van der Waals surface area contributed by atoms with Crippen molar-refractivity contribution < 1.29 is 9.90 Å². The smallest absolute Gasteiger partial charge is 0.322 e. The van der Waals surface area contributed by atoms with E-state index in [4.69, 9.17) is 11.6 Å². The number of aromatic nitrogens is 2. The lowest BCUT2D eigenvalue weighted by Crippen LogP contribution is -2.40. The molecule has 2 heterocycles. The maximum atomic E-state index is 12.3. The number of carbonyl (C=O) groups excluding carboxylic acids is 1. The van der Waals surface area contributed by atoms with E-state index < -0.39 is 0 Å². The van der Waals surface area contributed by atoms with Gasteiger partial charge in [0, 0.05) is 24.6 Å². The van der Waals surface area contributed by atoms with Gasteiger partial charge in [-0.3, -0.25) is 0 Å². The molecular formula is C15H17ClN4O2. The highest BCUT2D eigenvalue weighted by molar-refractivity contribution is 6.32. The first kappa shape index (κ1) is 14.9. The van der Waals surface area contributed by atoms with E-state index in [0.717, 1.165) is 18.5 Å². The minimum absolute atomic E-state index is 0.00753. The molecule has 1 aromatic heterocycles. The number of nitrogens with zero attached hydrogens (tertiary/aromatic N) is 3. The molecular weight excluding hydrogens is 304 g/mol. The van der Waals surface area contributed by atoms with E-state index >= 15 is 0 Å². The first-order chi connectivity index (χ1) is 10.7. The molecule has 0 aliphatic carbocycles. The van der Waals surface area contributed by atoms with E-state index in [-0.39, 0.29) is 18.7 Å². The summed E-state index contributed by atoms with van der Waals surface area (Å²) in [5, 5.41) is 16.7. The highest BCUT2D eigenvalue weighted by Crippen LogP contribution is 2.25. The average molecular weight is 321 g/mol. The Morgan fingerprint density at radius 3 is 3.05 bits per heavy atom. The molecule has 0 radical (unpaired) electrons. The van der Waals surface area contributed by atoms with Crippen LogP contribution in [0.1, 0.15) is 12.8 Å². The number of halogens is 1. The Bertz CT molecular complexity index is 660. The van der Waals surface area contributed by atoms with Gasteiger partial charge in [0.2, 0.25) is 0 Å². The highest BCUT2D eigenvalue weighted by atomic mass is 35.5. The minimum atomic E-state index is -0.209. The molecule has 6 nitrogen and oxygen atoms in total. The third-order valence-electron chi connectivity index (χ3n) is 3.80. The van der Waals surface area contributed by atoms with Crippen LogP contribution < -0.4 is 5.32 Å². The first-order valence-corrected chi connectivity index (χ1v) is 7.55. The molecule has 116 valence electrons. The second kappa shape index (κ2) is 6.37. The van der Waals surface area contributed by atoms with E-state index in [1.165, 1.54) is 0 Å². The number of hydrogen-bond acceptors (Lipinski definition) is 3. The van der Waals surface area contributed by atoms with Gasteiger partial charge in [-0.25, -0.2) is 9.48 Å². The van der Waals surface area contributed by atoms with Crippen LogP contribution in [0.3, 0.4) is 0 Å². The molecule has 1 aliphatic heterocycles. The SMILES string of the molecule is O=C(Nc1ccc(-n2cccn2)c(Cl)c1)N1CCC[C@H]1CO. The van der Waals surface area contributed by atoms with Crippen molar-refractivity contribution in [1.82, 2.24) is 14.7 Å². The van der Waals surface area contributed by atoms with E-state index in [1.807, 2.05) is 6.07 Å². The predicted molar refractivity (Wildman–Crippen MR) is 84.4 cm³/mol. The number of aliphatic hydroxyl groups is 1. The topological polar surface area (TPSA) is 70.4 Å². The van der Waals surface area contributed by atoms with Crippen LogP contribution in [0.15, 0.2) is 36.7 Å². The third kappa shape index (κ3) is 2.93. The van der Waals surface area contributed by atoms with Gasteiger partial charge in [0.15, 0.2) is 0 Å². The number of hydrogen-bond donors (Lipinski definition) is 2. The molecule has 0 saturated carbocycles. The van der Waals surface area contributed by atoms with Gasteiger partial charge in [-0.15, -0.1) is 0 Å². The van der Waals surface area contributed by atoms with Crippen LogP contribution >= 0.6 is 11.6 Å². The highest BCUT2D eigenvalue weighted by Gasteiger charge is 2.28. The zero-order chi connectivity index (χ0) is 15.5. The quantitative estimate of drug-likeness (QED) is 0.913. The fourth-order valence-electron chi connectivity index (χ4n) is 2.67. The van der Waals surface area contributed by atoms with E-state index in [0.29, 0.717) is 17.3 Å². The van der Waals surface area contributed by atoms with Gasteiger partial charge in [0.05, 0.1) is 23.4 Å². The minimum Gasteiger partial charge on any atom is -0.394 e. The summed E-state index contributed by atoms with van der Waals surface area (Å²) in [7, 11) is 0. The molecule has 2 aromatic rings. The van der Waals surface area contributed by atoms with Crippen molar-refractivity contribution in [2.45, 2.75) is 18.9 Å². The van der Waals surface area contributed by atoms with Crippen molar-refractivity contribution in [3.05, 3.63) is 41.7 Å². The van der Waals surface area contributed by atoms with Crippen molar-refractivity contribution in [3.8, 4) is 5.69 Å². The van der Waals surface area contributed by atoms with Gasteiger partial charge in [0.1, 0.15) is 0 Å². The second-order valence-electron chi connectivity index (χ2n) is 5.22. The summed E-state index contributed by atoms with van der Waals surface area (Å²) >= 11 is 6.25. The van der Waals surface area contributed by atoms with Gasteiger partial charge >= 0.3 is 6.03 Å². The first-order valence-electron chi connectivity index (χ1n) is 7.17. The van der Waals surface area contributed by atoms with Crippen LogP contribution in [0.4, 0.5) is 10.5 Å². The van der Waals surface area contributed by atoms with Crippen molar-refractivity contribution in [3.63, 3.8) is 0 Å². The third-order valence-corrected chi connectivity index (χ3v) is 4.10. The Morgan fingerprint density at radius 2 is 2.36 bits per heavy atom. The summed E-state index contributed by atoms with van der Waals surface area (Å²) in [5.74, 6) is 0. The average Bonchev–Trinajstić information content (AvgIpc) is 3.18. The number of nitrogens with one attached hydrogen (secondary N) is 1. The van der Waals surface area contributed by atoms with Crippen LogP contribution in [0.25, 0.3) is 5.69 Å². The number of urea groups is 1. The molecule has 22 heavy (non-hydrogen) atoms. The van der Waals surface area contributed by atoms with Crippen molar-refractivity contribution in [2.75, 3.05) is 18.5 Å². The Balaban J connectivity index is 1.73. The number of aliphatic hydroxyl groups excluding tert-OH is 1. The Labute approximate surface area is 133 Å². The lowest BCUT2D eigenvalue weighted by Gasteiger charge is -2.23. The van der Waals surface area contributed by atoms with Gasteiger partial charge in [-0.1, -0.05) is 11.6 Å².